The number of nitrogens with one attached hydrogen (secondary N) is 1. The lowest BCUT2D eigenvalue weighted by Crippen LogP contribution is -2.32. The highest BCUT2D eigenvalue weighted by Gasteiger charge is 2.24. The number of hydrogen-bond acceptors (Lipinski definition) is 3. The molecule has 14 heavy (non-hydrogen) atoms. The average molecular weight is 199 g/mol. The van der Waals surface area contributed by atoms with Crippen molar-refractivity contribution < 1.29 is 9.53 Å². The summed E-state index contributed by atoms with van der Waals surface area (Å²) in [6, 6.07) is -0.295. The van der Waals surface area contributed by atoms with Crippen LogP contribution in [0.15, 0.2) is 4.99 Å². The summed E-state index contributed by atoms with van der Waals surface area (Å²) < 4.78 is 5.30. The first kappa shape index (κ1) is 10.8. The third-order valence-electron chi connectivity index (χ3n) is 1.71. The van der Waals surface area contributed by atoms with Crippen molar-refractivity contribution in [3.8, 4) is 0 Å². The van der Waals surface area contributed by atoms with E-state index in [-0.39, 0.29) is 23.6 Å². The van der Waals surface area contributed by atoms with E-state index in [0.29, 0.717) is 13.0 Å². The Kier molecular flexibility index (Phi) is 2.98. The molecular formula is C9H17N3O2. The van der Waals surface area contributed by atoms with Crippen LogP contribution in [0.4, 0.5) is 0 Å². The molecule has 0 saturated carbocycles. The fourth-order valence-corrected chi connectivity index (χ4v) is 1.20. The summed E-state index contributed by atoms with van der Waals surface area (Å²) in [5, 5.41) is 2.68. The van der Waals surface area contributed by atoms with Crippen molar-refractivity contribution >= 4 is 11.9 Å². The molecule has 1 saturated heterocycles. The van der Waals surface area contributed by atoms with Gasteiger partial charge in [0, 0.05) is 6.54 Å². The van der Waals surface area contributed by atoms with Crippen molar-refractivity contribution in [2.45, 2.75) is 38.8 Å². The molecule has 5 heteroatoms. The van der Waals surface area contributed by atoms with Crippen molar-refractivity contribution in [1.82, 2.24) is 5.32 Å². The van der Waals surface area contributed by atoms with E-state index in [2.05, 4.69) is 10.3 Å². The smallest absolute Gasteiger partial charge is 0.283 e. The minimum atomic E-state index is -0.377. The molecule has 1 rings (SSSR count). The lowest BCUT2D eigenvalue weighted by atomic mass is 10.2. The molecule has 1 aliphatic rings. The summed E-state index contributed by atoms with van der Waals surface area (Å²) in [5.74, 6) is -0.0783. The van der Waals surface area contributed by atoms with Gasteiger partial charge in [-0.1, -0.05) is 0 Å². The largest absolute Gasteiger partial charge is 0.460 e. The fourth-order valence-electron chi connectivity index (χ4n) is 1.20. The van der Waals surface area contributed by atoms with Gasteiger partial charge in [0.25, 0.3) is 6.02 Å². The van der Waals surface area contributed by atoms with Crippen LogP contribution in [0.3, 0.4) is 0 Å². The molecule has 0 radical (unpaired) electrons. The summed E-state index contributed by atoms with van der Waals surface area (Å²) in [6.07, 6.45) is 0.688. The van der Waals surface area contributed by atoms with Crippen LogP contribution in [0, 0.1) is 0 Å². The van der Waals surface area contributed by atoms with Crippen molar-refractivity contribution in [3.05, 3.63) is 0 Å². The molecule has 0 spiro atoms. The molecule has 1 unspecified atom stereocenters. The Morgan fingerprint density at radius 3 is 2.71 bits per heavy atom. The molecule has 1 atom stereocenters. The number of aliphatic imine (C=N–C) groups is 1. The summed E-state index contributed by atoms with van der Waals surface area (Å²) >= 11 is 0. The van der Waals surface area contributed by atoms with Gasteiger partial charge >= 0.3 is 0 Å². The Morgan fingerprint density at radius 2 is 2.29 bits per heavy atom. The third-order valence-corrected chi connectivity index (χ3v) is 1.71. The number of amidine groups is 1. The SMILES string of the molecule is CC(C)(C)OC(N)=NC1CCNC1=O. The van der Waals surface area contributed by atoms with Gasteiger partial charge in [0.15, 0.2) is 0 Å². The fraction of sp³-hybridized carbons (Fsp3) is 0.778. The van der Waals surface area contributed by atoms with E-state index in [1.54, 1.807) is 0 Å². The van der Waals surface area contributed by atoms with E-state index in [4.69, 9.17) is 10.5 Å². The maximum atomic E-state index is 11.1. The zero-order chi connectivity index (χ0) is 10.8. The Morgan fingerprint density at radius 1 is 1.64 bits per heavy atom. The standard InChI is InChI=1S/C9H17N3O2/c1-9(2,3)14-8(10)12-6-4-5-11-7(6)13/h6H,4-5H2,1-3H3,(H2,10,12)(H,11,13). The predicted octanol–water partition coefficient (Wildman–Crippen LogP) is 0.00470. The monoisotopic (exact) mass is 199 g/mol. The predicted molar refractivity (Wildman–Crippen MR) is 53.9 cm³/mol. The summed E-state index contributed by atoms with van der Waals surface area (Å²) in [5.41, 5.74) is 5.18. The molecule has 0 aromatic heterocycles. The van der Waals surface area contributed by atoms with E-state index in [1.165, 1.54) is 0 Å². The molecule has 5 nitrogen and oxygen atoms in total. The molecule has 80 valence electrons. The quantitative estimate of drug-likeness (QED) is 0.461. The van der Waals surface area contributed by atoms with Gasteiger partial charge < -0.3 is 15.8 Å². The number of amides is 1. The number of rotatable bonds is 1. The number of carbonyl (C=O) groups is 1. The number of hydrogen-bond donors (Lipinski definition) is 2. The van der Waals surface area contributed by atoms with Crippen LogP contribution in [0.25, 0.3) is 0 Å². The number of carbonyl (C=O) groups excluding carboxylic acids is 1. The molecule has 0 aliphatic carbocycles. The number of nitrogens with zero attached hydrogens (tertiary/aromatic N) is 1. The topological polar surface area (TPSA) is 76.7 Å². The lowest BCUT2D eigenvalue weighted by molar-refractivity contribution is -0.120. The van der Waals surface area contributed by atoms with Crippen LogP contribution < -0.4 is 11.1 Å². The van der Waals surface area contributed by atoms with Crippen LogP contribution in [0.1, 0.15) is 27.2 Å². The first-order chi connectivity index (χ1) is 6.38. The van der Waals surface area contributed by atoms with E-state index >= 15 is 0 Å². The van der Waals surface area contributed by atoms with Crippen LogP contribution in [-0.4, -0.2) is 30.1 Å². The molecular weight excluding hydrogens is 182 g/mol. The molecule has 1 amide bonds. The van der Waals surface area contributed by atoms with E-state index in [1.807, 2.05) is 20.8 Å². The van der Waals surface area contributed by atoms with E-state index in [9.17, 15) is 4.79 Å². The zero-order valence-corrected chi connectivity index (χ0v) is 8.83. The first-order valence-corrected chi connectivity index (χ1v) is 4.68. The van der Waals surface area contributed by atoms with Gasteiger partial charge in [0.05, 0.1) is 0 Å². The van der Waals surface area contributed by atoms with E-state index in [0.717, 1.165) is 0 Å². The molecule has 0 aromatic rings. The Balaban J connectivity index is 2.55. The van der Waals surface area contributed by atoms with Crippen molar-refractivity contribution in [2.24, 2.45) is 10.7 Å². The van der Waals surface area contributed by atoms with Crippen LogP contribution in [0.5, 0.6) is 0 Å². The van der Waals surface area contributed by atoms with Crippen LogP contribution in [-0.2, 0) is 9.53 Å². The highest BCUT2D eigenvalue weighted by atomic mass is 16.5. The minimum Gasteiger partial charge on any atom is -0.460 e. The lowest BCUT2D eigenvalue weighted by Gasteiger charge is -2.20. The van der Waals surface area contributed by atoms with E-state index < -0.39 is 0 Å². The van der Waals surface area contributed by atoms with Crippen molar-refractivity contribution in [2.75, 3.05) is 6.54 Å². The molecule has 0 bridgehead atoms. The first-order valence-electron chi connectivity index (χ1n) is 4.68. The summed E-state index contributed by atoms with van der Waals surface area (Å²) in [6.45, 7) is 6.30. The van der Waals surface area contributed by atoms with Gasteiger partial charge in [-0.05, 0) is 27.2 Å². The molecule has 3 N–H and O–H groups in total. The van der Waals surface area contributed by atoms with Gasteiger partial charge in [-0.15, -0.1) is 0 Å². The van der Waals surface area contributed by atoms with Gasteiger partial charge in [-0.25, -0.2) is 4.99 Å². The third kappa shape index (κ3) is 3.24. The Hall–Kier alpha value is -1.26. The maximum Gasteiger partial charge on any atom is 0.283 e. The van der Waals surface area contributed by atoms with Crippen molar-refractivity contribution in [3.63, 3.8) is 0 Å². The summed E-state index contributed by atoms with van der Waals surface area (Å²) in [4.78, 5) is 15.1. The molecule has 1 heterocycles. The zero-order valence-electron chi connectivity index (χ0n) is 8.83. The molecule has 1 fully saturated rings. The molecule has 0 aromatic carbocycles. The number of ether oxygens (including phenoxy) is 1. The summed E-state index contributed by atoms with van der Waals surface area (Å²) in [7, 11) is 0. The maximum absolute atomic E-state index is 11.1. The number of nitrogens with two attached hydrogens (primary N) is 1. The highest BCUT2D eigenvalue weighted by molar-refractivity contribution is 5.86. The van der Waals surface area contributed by atoms with Gasteiger partial charge in [0.2, 0.25) is 5.91 Å². The Labute approximate surface area is 83.7 Å². The van der Waals surface area contributed by atoms with Gasteiger partial charge in [0.1, 0.15) is 11.6 Å². The van der Waals surface area contributed by atoms with Crippen LogP contribution >= 0.6 is 0 Å². The second kappa shape index (κ2) is 3.86. The van der Waals surface area contributed by atoms with Crippen molar-refractivity contribution in [1.29, 1.82) is 0 Å². The minimum absolute atomic E-state index is 0.0783. The second-order valence-corrected chi connectivity index (χ2v) is 4.28. The second-order valence-electron chi connectivity index (χ2n) is 4.28. The average Bonchev–Trinajstić information content (AvgIpc) is 2.32. The highest BCUT2D eigenvalue weighted by Crippen LogP contribution is 2.09. The van der Waals surface area contributed by atoms with Gasteiger partial charge in [-0.3, -0.25) is 4.79 Å². The molecule has 1 aliphatic heterocycles. The van der Waals surface area contributed by atoms with Gasteiger partial charge in [-0.2, -0.15) is 0 Å². The van der Waals surface area contributed by atoms with Crippen LogP contribution in [0.2, 0.25) is 0 Å². The normalized spacial score (nSPS) is 23.5. The Bertz CT molecular complexity index is 255.